The predicted octanol–water partition coefficient (Wildman–Crippen LogP) is 1.47. The van der Waals surface area contributed by atoms with Crippen LogP contribution in [0.1, 0.15) is 0 Å². The number of aryl methyl sites for hydroxylation is 1. The minimum Gasteiger partial charge on any atom is -0.493 e. The number of hydrogen-bond acceptors (Lipinski definition) is 8. The molecule has 28 heavy (non-hydrogen) atoms. The SMILES string of the molecule is Cn1c(=O)c2[nH]c(N=Nc3c(O)[nH]c4ccc([N+](=O)[O-])cc34)nc2n(C)c1=O. The molecule has 0 saturated heterocycles. The summed E-state index contributed by atoms with van der Waals surface area (Å²) in [6, 6.07) is 3.97. The third kappa shape index (κ3) is 2.45. The molecule has 0 spiro atoms. The number of azo groups is 1. The second kappa shape index (κ2) is 5.87. The quantitative estimate of drug-likeness (QED) is 0.273. The number of aromatic amines is 2. The zero-order valence-electron chi connectivity index (χ0n) is 14.5. The van der Waals surface area contributed by atoms with E-state index in [2.05, 4.69) is 25.2 Å². The van der Waals surface area contributed by atoms with Crippen molar-refractivity contribution in [2.24, 2.45) is 24.3 Å². The molecule has 3 N–H and O–H groups in total. The summed E-state index contributed by atoms with van der Waals surface area (Å²) in [7, 11) is 2.79. The Morgan fingerprint density at radius 2 is 1.93 bits per heavy atom. The van der Waals surface area contributed by atoms with Crippen LogP contribution in [0.15, 0.2) is 38.0 Å². The van der Waals surface area contributed by atoms with E-state index in [9.17, 15) is 24.8 Å². The van der Waals surface area contributed by atoms with E-state index in [0.29, 0.717) is 5.52 Å². The fourth-order valence-electron chi connectivity index (χ4n) is 2.82. The van der Waals surface area contributed by atoms with Crippen molar-refractivity contribution in [1.29, 1.82) is 0 Å². The van der Waals surface area contributed by atoms with Crippen LogP contribution in [0.2, 0.25) is 0 Å². The van der Waals surface area contributed by atoms with Crippen molar-refractivity contribution in [3.63, 3.8) is 0 Å². The number of rotatable bonds is 3. The number of hydrogen-bond donors (Lipinski definition) is 3. The predicted molar refractivity (Wildman–Crippen MR) is 97.4 cm³/mol. The highest BCUT2D eigenvalue weighted by molar-refractivity contribution is 5.95. The maximum atomic E-state index is 12.2. The number of benzene rings is 1. The molecule has 0 aliphatic rings. The van der Waals surface area contributed by atoms with Crippen LogP contribution >= 0.6 is 0 Å². The topological polar surface area (TPSA) is 177 Å². The highest BCUT2D eigenvalue weighted by Gasteiger charge is 2.16. The number of H-pyrrole nitrogens is 2. The molecule has 0 saturated carbocycles. The van der Waals surface area contributed by atoms with Crippen molar-refractivity contribution in [3.8, 4) is 5.88 Å². The molecule has 0 unspecified atom stereocenters. The van der Waals surface area contributed by atoms with Gasteiger partial charge in [0.2, 0.25) is 11.8 Å². The van der Waals surface area contributed by atoms with Gasteiger partial charge in [-0.25, -0.2) is 4.79 Å². The Hall–Kier alpha value is -4.29. The molecule has 1 aromatic carbocycles. The highest BCUT2D eigenvalue weighted by Crippen LogP contribution is 2.37. The number of nitro groups is 1. The van der Waals surface area contributed by atoms with E-state index in [0.717, 1.165) is 4.57 Å². The van der Waals surface area contributed by atoms with Gasteiger partial charge in [0, 0.05) is 31.6 Å². The maximum absolute atomic E-state index is 12.2. The number of fused-ring (bicyclic) bond motifs is 2. The van der Waals surface area contributed by atoms with Crippen LogP contribution in [0.4, 0.5) is 17.3 Å². The first-order chi connectivity index (χ1) is 13.3. The molecule has 13 nitrogen and oxygen atoms in total. The van der Waals surface area contributed by atoms with Gasteiger partial charge in [-0.3, -0.25) is 24.0 Å². The minimum absolute atomic E-state index is 0.0269. The molecule has 142 valence electrons. The lowest BCUT2D eigenvalue weighted by Crippen LogP contribution is -2.36. The van der Waals surface area contributed by atoms with Crippen molar-refractivity contribution in [1.82, 2.24) is 24.1 Å². The van der Waals surface area contributed by atoms with E-state index in [-0.39, 0.29) is 39.8 Å². The number of nitro benzene ring substituents is 1. The van der Waals surface area contributed by atoms with Crippen molar-refractivity contribution in [3.05, 3.63) is 49.2 Å². The van der Waals surface area contributed by atoms with Gasteiger partial charge in [-0.1, -0.05) is 0 Å². The first kappa shape index (κ1) is 17.1. The van der Waals surface area contributed by atoms with Gasteiger partial charge in [0.05, 0.1) is 10.4 Å². The van der Waals surface area contributed by atoms with E-state index >= 15 is 0 Å². The third-order valence-electron chi connectivity index (χ3n) is 4.27. The Bertz CT molecular complexity index is 1420. The van der Waals surface area contributed by atoms with Gasteiger partial charge in [0.1, 0.15) is 0 Å². The van der Waals surface area contributed by atoms with Crippen molar-refractivity contribution in [2.75, 3.05) is 0 Å². The molecule has 3 aromatic heterocycles. The van der Waals surface area contributed by atoms with Gasteiger partial charge in [-0.05, 0) is 6.07 Å². The Morgan fingerprint density at radius 1 is 1.18 bits per heavy atom. The van der Waals surface area contributed by atoms with E-state index in [4.69, 9.17) is 0 Å². The first-order valence-electron chi connectivity index (χ1n) is 7.84. The number of aromatic hydroxyl groups is 1. The van der Waals surface area contributed by atoms with Crippen LogP contribution in [0.3, 0.4) is 0 Å². The van der Waals surface area contributed by atoms with E-state index < -0.39 is 16.2 Å². The van der Waals surface area contributed by atoms with Crippen LogP contribution in [0, 0.1) is 10.1 Å². The highest BCUT2D eigenvalue weighted by atomic mass is 16.6. The van der Waals surface area contributed by atoms with Gasteiger partial charge in [-0.2, -0.15) is 4.98 Å². The zero-order chi connectivity index (χ0) is 20.2. The molecule has 0 radical (unpaired) electrons. The Kier molecular flexibility index (Phi) is 3.59. The average molecular weight is 384 g/mol. The molecule has 0 aliphatic heterocycles. The van der Waals surface area contributed by atoms with Crippen molar-refractivity contribution >= 4 is 39.4 Å². The van der Waals surface area contributed by atoms with Crippen molar-refractivity contribution in [2.45, 2.75) is 0 Å². The molecule has 0 amide bonds. The summed E-state index contributed by atoms with van der Waals surface area (Å²) in [6.45, 7) is 0. The normalized spacial score (nSPS) is 11.8. The van der Waals surface area contributed by atoms with Crippen LogP contribution in [-0.2, 0) is 14.1 Å². The van der Waals surface area contributed by atoms with Gasteiger partial charge >= 0.3 is 5.69 Å². The zero-order valence-corrected chi connectivity index (χ0v) is 14.5. The van der Waals surface area contributed by atoms with Crippen LogP contribution < -0.4 is 11.2 Å². The van der Waals surface area contributed by atoms with E-state index in [1.54, 1.807) is 0 Å². The molecule has 0 bridgehead atoms. The summed E-state index contributed by atoms with van der Waals surface area (Å²) in [5.74, 6) is -0.411. The Balaban J connectivity index is 1.85. The van der Waals surface area contributed by atoms with Gasteiger partial charge in [-0.15, -0.1) is 10.2 Å². The molecule has 0 atom stereocenters. The van der Waals surface area contributed by atoms with Crippen LogP contribution in [-0.4, -0.2) is 34.1 Å². The molecular formula is C15H12N8O5. The second-order valence-electron chi connectivity index (χ2n) is 5.97. The van der Waals surface area contributed by atoms with E-state index in [1.165, 1.54) is 36.9 Å². The molecule has 0 aliphatic carbocycles. The average Bonchev–Trinajstić information content (AvgIpc) is 3.23. The standard InChI is InChI=1S/C15H12N8O5/c1-21-11-10(13(25)22(2)15(21)26)17-14(18-11)20-19-9-7-5-6(23(27)28)3-4-8(7)16-12(9)24/h3-5,16,24H,1-2H3,(H,17,18). The molecule has 4 rings (SSSR count). The Morgan fingerprint density at radius 3 is 2.64 bits per heavy atom. The molecule has 0 fully saturated rings. The summed E-state index contributed by atoms with van der Waals surface area (Å²) in [6.07, 6.45) is 0. The first-order valence-corrected chi connectivity index (χ1v) is 7.84. The van der Waals surface area contributed by atoms with E-state index in [1.807, 2.05) is 0 Å². The third-order valence-corrected chi connectivity index (χ3v) is 4.27. The van der Waals surface area contributed by atoms with Gasteiger partial charge < -0.3 is 15.1 Å². The fourth-order valence-corrected chi connectivity index (χ4v) is 2.82. The lowest BCUT2D eigenvalue weighted by atomic mass is 10.2. The number of imidazole rings is 1. The van der Waals surface area contributed by atoms with Crippen LogP contribution in [0.25, 0.3) is 22.1 Å². The smallest absolute Gasteiger partial charge is 0.332 e. The monoisotopic (exact) mass is 384 g/mol. The fraction of sp³-hybridized carbons (Fsp3) is 0.133. The number of non-ortho nitro benzene ring substituents is 1. The summed E-state index contributed by atoms with van der Waals surface area (Å²) in [5.41, 5.74) is -0.728. The summed E-state index contributed by atoms with van der Waals surface area (Å²) in [4.78, 5) is 43.9. The molecular weight excluding hydrogens is 372 g/mol. The lowest BCUT2D eigenvalue weighted by Gasteiger charge is -2.00. The number of nitrogens with zero attached hydrogens (tertiary/aromatic N) is 6. The molecule has 3 heterocycles. The molecule has 13 heteroatoms. The second-order valence-corrected chi connectivity index (χ2v) is 5.97. The lowest BCUT2D eigenvalue weighted by molar-refractivity contribution is -0.384. The van der Waals surface area contributed by atoms with Crippen LogP contribution in [0.5, 0.6) is 5.88 Å². The van der Waals surface area contributed by atoms with Crippen molar-refractivity contribution < 1.29 is 10.0 Å². The maximum Gasteiger partial charge on any atom is 0.332 e. The summed E-state index contributed by atoms with van der Waals surface area (Å²) < 4.78 is 2.10. The number of nitrogens with one attached hydrogen (secondary N) is 2. The largest absolute Gasteiger partial charge is 0.493 e. The Labute approximate surface area is 153 Å². The van der Waals surface area contributed by atoms with Gasteiger partial charge in [0.25, 0.3) is 11.2 Å². The summed E-state index contributed by atoms with van der Waals surface area (Å²) in [5, 5.41) is 29.0. The molecule has 4 aromatic rings. The summed E-state index contributed by atoms with van der Waals surface area (Å²) >= 11 is 0. The number of aromatic nitrogens is 5. The minimum atomic E-state index is -0.572. The van der Waals surface area contributed by atoms with Gasteiger partial charge in [0.15, 0.2) is 16.9 Å².